The Bertz CT molecular complexity index is 2030. The van der Waals surface area contributed by atoms with Crippen LogP contribution in [0.5, 0.6) is 0 Å². The number of nitrogens with zero attached hydrogens (tertiary/aromatic N) is 4. The maximum atomic E-state index is 14.5. The van der Waals surface area contributed by atoms with Gasteiger partial charge in [-0.1, -0.05) is 78.9 Å². The van der Waals surface area contributed by atoms with Crippen LogP contribution in [0.15, 0.2) is 60.7 Å². The zero-order valence-corrected chi connectivity index (χ0v) is 40.3. The molecule has 0 bridgehead atoms. The van der Waals surface area contributed by atoms with Crippen molar-refractivity contribution in [1.29, 1.82) is 0 Å². The molecule has 6 aliphatic rings. The number of likely N-dealkylation sites (N-methyl/N-ethyl adjacent to an activating group) is 2. The molecule has 6 fully saturated rings. The van der Waals surface area contributed by atoms with Crippen molar-refractivity contribution < 1.29 is 38.2 Å². The SMILES string of the molecule is CN[C@@H](C)C(=O)C[C@H]1CCC[C@H]2C[C@H]3CCN(C(=O)C(OCC#CCOC(C(=O)N4CC[C@@H]5C[C@@H]6CCC[C@H](NC(=O)[C@H](C)NC)C(=O)N6[C@@H]5C4)c4ccccc4)c4ccccc4)C[C@H]3N2C1=O. The van der Waals surface area contributed by atoms with E-state index in [1.54, 1.807) is 21.0 Å². The van der Waals surface area contributed by atoms with Crippen LogP contribution in [0.25, 0.3) is 0 Å². The van der Waals surface area contributed by atoms with Gasteiger partial charge in [0.05, 0.1) is 24.2 Å². The number of likely N-dealkylation sites (tertiary alicyclic amines) is 2. The number of amides is 5. The molecular weight excluding hydrogens is 863 g/mol. The largest absolute Gasteiger partial charge is 0.351 e. The van der Waals surface area contributed by atoms with E-state index in [-0.39, 0.29) is 97.0 Å². The lowest BCUT2D eigenvalue weighted by molar-refractivity contribution is -0.149. The summed E-state index contributed by atoms with van der Waals surface area (Å²) in [5, 5.41) is 8.95. The van der Waals surface area contributed by atoms with Crippen LogP contribution in [0.4, 0.5) is 0 Å². The van der Waals surface area contributed by atoms with Crippen LogP contribution in [0, 0.1) is 29.6 Å². The van der Waals surface area contributed by atoms with Gasteiger partial charge in [0.15, 0.2) is 12.2 Å². The van der Waals surface area contributed by atoms with E-state index in [0.717, 1.165) is 51.4 Å². The second kappa shape index (κ2) is 22.5. The normalized spacial score (nSPS) is 28.6. The van der Waals surface area contributed by atoms with Gasteiger partial charge in [-0.3, -0.25) is 28.8 Å². The van der Waals surface area contributed by atoms with E-state index in [4.69, 9.17) is 9.47 Å². The van der Waals surface area contributed by atoms with Gasteiger partial charge >= 0.3 is 0 Å². The minimum Gasteiger partial charge on any atom is -0.351 e. The second-order valence-corrected chi connectivity index (χ2v) is 19.9. The van der Waals surface area contributed by atoms with Crippen molar-refractivity contribution in [2.75, 3.05) is 53.5 Å². The second-order valence-electron chi connectivity index (χ2n) is 19.9. The Kier molecular flexibility index (Phi) is 16.3. The van der Waals surface area contributed by atoms with E-state index in [1.807, 2.05) is 87.2 Å². The van der Waals surface area contributed by atoms with Crippen LogP contribution in [0.2, 0.25) is 0 Å². The highest BCUT2D eigenvalue weighted by atomic mass is 16.5. The smallest absolute Gasteiger partial charge is 0.256 e. The predicted molar refractivity (Wildman–Crippen MR) is 255 cm³/mol. The molecule has 8 rings (SSSR count). The van der Waals surface area contributed by atoms with Crippen molar-refractivity contribution in [3.8, 4) is 11.8 Å². The Morgan fingerprint density at radius 3 is 1.63 bits per heavy atom. The molecule has 0 radical (unpaired) electrons. The molecule has 5 amide bonds. The number of fused-ring (bicyclic) bond motifs is 6. The number of carbonyl (C=O) groups excluding carboxylic acids is 6. The van der Waals surface area contributed by atoms with Gasteiger partial charge < -0.3 is 45.0 Å². The number of hydrogen-bond acceptors (Lipinski definition) is 10. The fourth-order valence-corrected chi connectivity index (χ4v) is 11.9. The molecule has 0 aromatic heterocycles. The maximum absolute atomic E-state index is 14.5. The molecule has 2 unspecified atom stereocenters. The number of rotatable bonds is 15. The third kappa shape index (κ3) is 10.8. The summed E-state index contributed by atoms with van der Waals surface area (Å²) in [5.74, 6) is 5.78. The van der Waals surface area contributed by atoms with E-state index in [9.17, 15) is 28.8 Å². The minimum absolute atomic E-state index is 0.0478. The molecule has 68 heavy (non-hydrogen) atoms. The zero-order chi connectivity index (χ0) is 47.9. The van der Waals surface area contributed by atoms with Crippen molar-refractivity contribution in [2.45, 2.75) is 139 Å². The number of ether oxygens (including phenoxy) is 2. The lowest BCUT2D eigenvalue weighted by atomic mass is 9.88. The van der Waals surface area contributed by atoms with Crippen LogP contribution in [-0.2, 0) is 38.2 Å². The number of carbonyl (C=O) groups is 6. The van der Waals surface area contributed by atoms with Gasteiger partial charge in [0.25, 0.3) is 11.8 Å². The monoisotopic (exact) mass is 934 g/mol. The van der Waals surface area contributed by atoms with Crippen molar-refractivity contribution in [1.82, 2.24) is 35.6 Å². The van der Waals surface area contributed by atoms with Gasteiger partial charge in [0.1, 0.15) is 25.0 Å². The third-order valence-corrected chi connectivity index (χ3v) is 15.9. The third-order valence-electron chi connectivity index (χ3n) is 15.9. The minimum atomic E-state index is -0.921. The Balaban J connectivity index is 0.900. The molecule has 15 nitrogen and oxygen atoms in total. The first-order chi connectivity index (χ1) is 33.0. The van der Waals surface area contributed by atoms with Crippen molar-refractivity contribution >= 4 is 35.3 Å². The van der Waals surface area contributed by atoms with Crippen LogP contribution in [0.3, 0.4) is 0 Å². The summed E-state index contributed by atoms with van der Waals surface area (Å²) in [4.78, 5) is 90.6. The molecule has 3 N–H and O–H groups in total. The summed E-state index contributed by atoms with van der Waals surface area (Å²) in [7, 11) is 3.48. The molecule has 366 valence electrons. The number of hydrogen-bond donors (Lipinski definition) is 3. The Hall–Kier alpha value is -5.14. The summed E-state index contributed by atoms with van der Waals surface area (Å²) in [6.07, 6.45) is 6.64. The van der Waals surface area contributed by atoms with Crippen molar-refractivity contribution in [3.05, 3.63) is 71.8 Å². The average molecular weight is 934 g/mol. The van der Waals surface area contributed by atoms with Gasteiger partial charge in [0, 0.05) is 50.6 Å². The van der Waals surface area contributed by atoms with E-state index in [2.05, 4.69) is 27.8 Å². The molecule has 6 aliphatic heterocycles. The molecule has 0 saturated carbocycles. The number of Topliss-reactive ketones (excluding diaryl/α,β-unsaturated/α-hetero) is 1. The van der Waals surface area contributed by atoms with Crippen LogP contribution < -0.4 is 16.0 Å². The molecule has 6 heterocycles. The zero-order valence-electron chi connectivity index (χ0n) is 40.3. The molecule has 6 saturated heterocycles. The summed E-state index contributed by atoms with van der Waals surface area (Å²) in [6.45, 7) is 5.44. The fourth-order valence-electron chi connectivity index (χ4n) is 11.9. The molecule has 12 atom stereocenters. The van der Waals surface area contributed by atoms with Crippen molar-refractivity contribution in [3.63, 3.8) is 0 Å². The van der Waals surface area contributed by atoms with Gasteiger partial charge in [-0.15, -0.1) is 0 Å². The topological polar surface area (TPSA) is 170 Å². The summed E-state index contributed by atoms with van der Waals surface area (Å²) < 4.78 is 12.6. The first-order valence-electron chi connectivity index (χ1n) is 25.2. The van der Waals surface area contributed by atoms with Crippen LogP contribution in [0.1, 0.15) is 108 Å². The molecule has 0 aliphatic carbocycles. The highest BCUT2D eigenvalue weighted by Crippen LogP contribution is 2.43. The summed E-state index contributed by atoms with van der Waals surface area (Å²) >= 11 is 0. The summed E-state index contributed by atoms with van der Waals surface area (Å²) in [6, 6.07) is 17.4. The maximum Gasteiger partial charge on any atom is 0.256 e. The number of ketones is 1. The van der Waals surface area contributed by atoms with E-state index in [0.29, 0.717) is 56.1 Å². The standard InChI is InChI=1S/C53H71N7O8/c1-34(54-3)46(61)31-40-19-13-20-41-29-38-23-25-57(32-44(38)59(41)50(40)63)52(65)47(36-15-7-5-8-16-36)67-27-11-12-28-68-48(37-17-9-6-10-18-37)53(66)58-26-24-39-30-42-21-14-22-43(56-49(62)35(2)55-4)51(64)60(42)45(39)33-58/h5-10,15-18,34-35,38-45,47-48,54-55H,13-14,19-33H2,1-4H3,(H,56,62)/t34-,35-,38+,39+,40+,41-,42-,43-,44+,45+,47?,48?/m0/s1. The van der Waals surface area contributed by atoms with Crippen LogP contribution in [-0.4, -0.2) is 151 Å². The Morgan fingerprint density at radius 2 is 1.13 bits per heavy atom. The first kappa shape index (κ1) is 49.3. The first-order valence-corrected chi connectivity index (χ1v) is 25.2. The van der Waals surface area contributed by atoms with Gasteiger partial charge in [-0.05, 0) is 109 Å². The molecule has 15 heteroatoms. The number of benzene rings is 2. The number of nitrogens with one attached hydrogen (secondary N) is 3. The highest BCUT2D eigenvalue weighted by Gasteiger charge is 2.51. The predicted octanol–water partition coefficient (Wildman–Crippen LogP) is 3.79. The fraction of sp³-hybridized carbons (Fsp3) is 0.623. The van der Waals surface area contributed by atoms with Gasteiger partial charge in [0.2, 0.25) is 17.7 Å². The van der Waals surface area contributed by atoms with E-state index >= 15 is 0 Å². The quantitative estimate of drug-likeness (QED) is 0.224. The van der Waals surface area contributed by atoms with Crippen LogP contribution >= 0.6 is 0 Å². The van der Waals surface area contributed by atoms with E-state index in [1.165, 1.54) is 0 Å². The van der Waals surface area contributed by atoms with Gasteiger partial charge in [-0.25, -0.2) is 0 Å². The van der Waals surface area contributed by atoms with E-state index < -0.39 is 24.3 Å². The lowest BCUT2D eigenvalue weighted by Gasteiger charge is -2.41. The van der Waals surface area contributed by atoms with Gasteiger partial charge in [-0.2, -0.15) is 0 Å². The highest BCUT2D eigenvalue weighted by molar-refractivity contribution is 5.91. The molecule has 2 aromatic rings. The molecule has 0 spiro atoms. The summed E-state index contributed by atoms with van der Waals surface area (Å²) in [5.41, 5.74) is 1.42. The Labute approximate surface area is 401 Å². The number of piperidine rings is 2. The molecule has 2 aromatic carbocycles. The average Bonchev–Trinajstić information content (AvgIpc) is 3.82. The Morgan fingerprint density at radius 1 is 0.647 bits per heavy atom. The molecular formula is C53H71N7O8. The lowest BCUT2D eigenvalue weighted by Crippen LogP contribution is -2.58. The van der Waals surface area contributed by atoms with Crippen molar-refractivity contribution in [2.24, 2.45) is 17.8 Å².